The first-order valence-electron chi connectivity index (χ1n) is 22.8. The van der Waals surface area contributed by atoms with E-state index < -0.39 is 116 Å². The van der Waals surface area contributed by atoms with Gasteiger partial charge in [0.15, 0.2) is 5.96 Å². The van der Waals surface area contributed by atoms with E-state index in [4.69, 9.17) is 40.3 Å². The molecular weight excluding hydrogens is 932 g/mol. The number of β-amino-alcohol motifs (C(OH)–C–C–N with tert-alkyl or cyclic N) is 1. The van der Waals surface area contributed by atoms with Crippen LogP contribution in [0, 0.1) is 5.92 Å². The highest BCUT2D eigenvalue weighted by atomic mass is 35.5. The van der Waals surface area contributed by atoms with Gasteiger partial charge in [-0.15, -0.1) is 0 Å². The summed E-state index contributed by atoms with van der Waals surface area (Å²) in [7, 11) is 0. The molecule has 25 heteroatoms. The van der Waals surface area contributed by atoms with Crippen LogP contribution in [-0.4, -0.2) is 156 Å². The maximum absolute atomic E-state index is 14.1. The van der Waals surface area contributed by atoms with Crippen LogP contribution >= 0.6 is 11.6 Å². The van der Waals surface area contributed by atoms with Gasteiger partial charge in [-0.1, -0.05) is 55.8 Å². The Labute approximate surface area is 411 Å². The van der Waals surface area contributed by atoms with Crippen molar-refractivity contribution in [1.29, 1.82) is 0 Å². The number of aliphatic hydroxyl groups excluding tert-OH is 3. The van der Waals surface area contributed by atoms with E-state index in [0.717, 1.165) is 11.1 Å². The molecule has 2 aromatic carbocycles. The minimum Gasteiger partial charge on any atom is -0.389 e. The minimum absolute atomic E-state index is 0.00409. The molecule has 1 aliphatic rings. The summed E-state index contributed by atoms with van der Waals surface area (Å²) < 4.78 is 0. The van der Waals surface area contributed by atoms with E-state index in [1.54, 1.807) is 36.4 Å². The van der Waals surface area contributed by atoms with E-state index in [0.29, 0.717) is 11.4 Å². The summed E-state index contributed by atoms with van der Waals surface area (Å²) in [5.41, 5.74) is 29.5. The molecule has 386 valence electrons. The first kappa shape index (κ1) is 58.1. The van der Waals surface area contributed by atoms with Crippen molar-refractivity contribution in [3.05, 3.63) is 70.9 Å². The number of rotatable bonds is 15. The van der Waals surface area contributed by atoms with E-state index in [1.807, 2.05) is 13.8 Å². The molecular formula is C45H69ClN14O10. The summed E-state index contributed by atoms with van der Waals surface area (Å²) in [6.07, 6.45) is -3.64. The Balaban J connectivity index is 2.10. The topological polar surface area (TPSA) is 419 Å². The molecule has 1 aliphatic heterocycles. The molecule has 3 rings (SSSR count). The van der Waals surface area contributed by atoms with Gasteiger partial charge < -0.3 is 86.5 Å². The van der Waals surface area contributed by atoms with E-state index in [-0.39, 0.29) is 62.0 Å². The predicted molar refractivity (Wildman–Crippen MR) is 262 cm³/mol. The Morgan fingerprint density at radius 3 is 1.91 bits per heavy atom. The number of nitrogens with zero attached hydrogens (tertiary/aromatic N) is 1. The number of aliphatic imine (C=N–C) groups is 1. The first-order valence-corrected chi connectivity index (χ1v) is 23.2. The number of amides is 7. The predicted octanol–water partition coefficient (Wildman–Crippen LogP) is -4.40. The third kappa shape index (κ3) is 18.2. The van der Waals surface area contributed by atoms with Crippen molar-refractivity contribution >= 4 is 58.9 Å². The Hall–Kier alpha value is -6.25. The Morgan fingerprint density at radius 1 is 0.786 bits per heavy atom. The molecule has 0 bridgehead atoms. The Kier molecular flexibility index (Phi) is 24.1. The molecule has 0 spiro atoms. The van der Waals surface area contributed by atoms with Crippen LogP contribution < -0.4 is 71.2 Å². The summed E-state index contributed by atoms with van der Waals surface area (Å²) in [5.74, 6) is -6.90. The maximum Gasteiger partial charge on any atom is 0.268 e. The zero-order valence-corrected chi connectivity index (χ0v) is 40.2. The third-order valence-corrected chi connectivity index (χ3v) is 11.3. The number of hydrogen-bond donors (Lipinski definition) is 16. The van der Waals surface area contributed by atoms with E-state index >= 15 is 0 Å². The fourth-order valence-corrected chi connectivity index (χ4v) is 7.34. The summed E-state index contributed by atoms with van der Waals surface area (Å²) >= 11 is 6.03. The van der Waals surface area contributed by atoms with Crippen LogP contribution in [0.25, 0.3) is 11.1 Å². The van der Waals surface area contributed by atoms with Crippen LogP contribution in [0.3, 0.4) is 0 Å². The molecule has 1 fully saturated rings. The van der Waals surface area contributed by atoms with Crippen LogP contribution in [0.4, 0.5) is 0 Å². The molecule has 6 unspecified atom stereocenters. The van der Waals surface area contributed by atoms with Crippen LogP contribution in [-0.2, 0) is 28.8 Å². The van der Waals surface area contributed by atoms with Gasteiger partial charge in [0, 0.05) is 49.4 Å². The van der Waals surface area contributed by atoms with Crippen LogP contribution in [0.2, 0.25) is 5.02 Å². The van der Waals surface area contributed by atoms with Crippen molar-refractivity contribution in [2.75, 3.05) is 39.3 Å². The minimum atomic E-state index is -1.97. The summed E-state index contributed by atoms with van der Waals surface area (Å²) in [6, 6.07) is 4.52. The van der Waals surface area contributed by atoms with Gasteiger partial charge in [-0.05, 0) is 80.5 Å². The van der Waals surface area contributed by atoms with Crippen molar-refractivity contribution in [3.8, 4) is 11.1 Å². The zero-order chi connectivity index (χ0) is 52.1. The number of hydrogen-bond acceptors (Lipinski definition) is 15. The Morgan fingerprint density at radius 2 is 1.36 bits per heavy atom. The molecule has 2 aromatic rings. The van der Waals surface area contributed by atoms with E-state index in [1.165, 1.54) is 25.1 Å². The standard InChI is InChI=1S/C45H69ClN14O10/c1-4-29-39(65)57-31(15-16-47)41(67)55-28(18-23(2)3)21-53-30(6-5-17-52-45(50)51)40(66)59-36(33(62)20-49)44(70)60-35(32(61)19-48)42(68)54-22-34(63)37(43(69)56-29)58-38(64)26-9-7-24(8-10-26)25-11-13-27(46)14-12-25/h4,7-14,23,28,30-37,53,61-63H,5-6,15-22,47-49H2,1-3H3,(H,54,68)(H,55,67)(H,56,69)(H,57,65)(H,58,64)(H,59,66)(H,60,70)(H4,50,51,52)/b29-4-/t28-,30-,31-,32?,33?,34?,35?,36?,37?/m0/s1. The molecule has 24 nitrogen and oxygen atoms in total. The number of nitrogens with two attached hydrogens (primary N) is 5. The summed E-state index contributed by atoms with van der Waals surface area (Å²) in [4.78, 5) is 101. The lowest BCUT2D eigenvalue weighted by molar-refractivity contribution is -0.136. The van der Waals surface area contributed by atoms with Gasteiger partial charge in [0.25, 0.3) is 11.8 Å². The molecule has 0 saturated carbocycles. The number of benzene rings is 2. The van der Waals surface area contributed by atoms with Gasteiger partial charge in [0.1, 0.15) is 36.0 Å². The average Bonchev–Trinajstić information content (AvgIpc) is 3.33. The van der Waals surface area contributed by atoms with Gasteiger partial charge in [0.05, 0.1) is 18.2 Å². The molecule has 70 heavy (non-hydrogen) atoms. The van der Waals surface area contributed by atoms with E-state index in [9.17, 15) is 48.9 Å². The lowest BCUT2D eigenvalue weighted by Crippen LogP contribution is -2.64. The third-order valence-electron chi connectivity index (χ3n) is 11.0. The second kappa shape index (κ2) is 29.1. The molecule has 0 aliphatic carbocycles. The molecule has 1 saturated heterocycles. The molecule has 1 heterocycles. The number of carbonyl (C=O) groups is 7. The molecule has 0 radical (unpaired) electrons. The van der Waals surface area contributed by atoms with Crippen molar-refractivity contribution in [2.45, 2.75) is 101 Å². The highest BCUT2D eigenvalue weighted by Crippen LogP contribution is 2.22. The summed E-state index contributed by atoms with van der Waals surface area (Å²) in [5, 5.41) is 54.3. The van der Waals surface area contributed by atoms with Crippen LogP contribution in [0.5, 0.6) is 0 Å². The van der Waals surface area contributed by atoms with Crippen LogP contribution in [0.1, 0.15) is 56.8 Å². The monoisotopic (exact) mass is 1000 g/mol. The van der Waals surface area contributed by atoms with Gasteiger partial charge >= 0.3 is 0 Å². The number of nitrogens with one attached hydrogen (secondary N) is 8. The highest BCUT2D eigenvalue weighted by molar-refractivity contribution is 6.30. The second-order valence-electron chi connectivity index (χ2n) is 17.0. The lowest BCUT2D eigenvalue weighted by atomic mass is 10.0. The number of allylic oxidation sites excluding steroid dienone is 1. The lowest BCUT2D eigenvalue weighted by Gasteiger charge is -2.30. The normalized spacial score (nSPS) is 24.2. The van der Waals surface area contributed by atoms with Crippen molar-refractivity contribution < 1.29 is 48.9 Å². The number of halogens is 1. The maximum atomic E-state index is 14.1. The van der Waals surface area contributed by atoms with Crippen LogP contribution in [0.15, 0.2) is 65.3 Å². The van der Waals surface area contributed by atoms with Crippen molar-refractivity contribution in [2.24, 2.45) is 39.6 Å². The highest BCUT2D eigenvalue weighted by Gasteiger charge is 2.37. The smallest absolute Gasteiger partial charge is 0.268 e. The molecule has 21 N–H and O–H groups in total. The van der Waals surface area contributed by atoms with Crippen molar-refractivity contribution in [1.82, 2.24) is 42.5 Å². The fraction of sp³-hybridized carbons (Fsp3) is 0.511. The van der Waals surface area contributed by atoms with Gasteiger partial charge in [-0.25, -0.2) is 0 Å². The summed E-state index contributed by atoms with van der Waals surface area (Å²) in [6.45, 7) is 3.26. The first-order chi connectivity index (χ1) is 33.2. The number of carbonyl (C=O) groups excluding carboxylic acids is 7. The largest absolute Gasteiger partial charge is 0.389 e. The molecule has 7 amide bonds. The quantitative estimate of drug-likeness (QED) is 0.0347. The average molecular weight is 1000 g/mol. The fourth-order valence-electron chi connectivity index (χ4n) is 7.21. The Bertz CT molecular complexity index is 2140. The van der Waals surface area contributed by atoms with Gasteiger partial charge in [0.2, 0.25) is 29.5 Å². The van der Waals surface area contributed by atoms with Gasteiger partial charge in [-0.3, -0.25) is 38.6 Å². The number of aliphatic hydroxyl groups is 3. The van der Waals surface area contributed by atoms with Gasteiger partial charge in [-0.2, -0.15) is 0 Å². The van der Waals surface area contributed by atoms with Crippen molar-refractivity contribution in [3.63, 3.8) is 0 Å². The number of guanidine groups is 1. The zero-order valence-electron chi connectivity index (χ0n) is 39.5. The molecule has 0 aromatic heterocycles. The van der Waals surface area contributed by atoms with E-state index in [2.05, 4.69) is 47.5 Å². The molecule has 9 atom stereocenters. The second-order valence-corrected chi connectivity index (χ2v) is 17.4. The SMILES string of the molecule is C/C=C1\NC(=O)C(NC(=O)c2ccc(-c3ccc(Cl)cc3)cc2)C(O)CNC(=O)C(C(O)CN)NC(=O)C(C(O)CN)NC(=O)[C@H](CCCN=C(N)N)NC[C@H](CC(C)C)NC(=O)[C@H](CCN)NC1=O.